The number of nitrogens with zero attached hydrogens (tertiary/aromatic N) is 2. The predicted molar refractivity (Wildman–Crippen MR) is 118 cm³/mol. The van der Waals surface area contributed by atoms with E-state index in [1.54, 1.807) is 12.1 Å². The molecule has 152 valence electrons. The zero-order chi connectivity index (χ0) is 21.6. The second-order valence-corrected chi connectivity index (χ2v) is 7.98. The topological polar surface area (TPSA) is 55.1 Å². The summed E-state index contributed by atoms with van der Waals surface area (Å²) < 4.78 is 16.1. The normalized spacial score (nSPS) is 11.4. The van der Waals surface area contributed by atoms with Crippen LogP contribution in [0.3, 0.4) is 0 Å². The van der Waals surface area contributed by atoms with Crippen molar-refractivity contribution in [3.8, 4) is 22.6 Å². The first-order chi connectivity index (χ1) is 14.3. The van der Waals surface area contributed by atoms with Crippen LogP contribution in [0, 0.1) is 12.7 Å². The number of fused-ring (bicyclic) bond motifs is 1. The minimum absolute atomic E-state index is 0.00548. The summed E-state index contributed by atoms with van der Waals surface area (Å²) in [5.41, 5.74) is 3.06. The number of hydrogen-bond acceptors (Lipinski definition) is 3. The van der Waals surface area contributed by atoms with Gasteiger partial charge in [-0.15, -0.1) is 0 Å². The highest BCUT2D eigenvalue weighted by atomic mass is 35.5. The van der Waals surface area contributed by atoms with E-state index in [1.807, 2.05) is 25.1 Å². The van der Waals surface area contributed by atoms with Crippen LogP contribution in [0.2, 0.25) is 5.02 Å². The van der Waals surface area contributed by atoms with Gasteiger partial charge in [-0.25, -0.2) is 14.2 Å². The molecule has 0 fully saturated rings. The van der Waals surface area contributed by atoms with E-state index >= 15 is 0 Å². The lowest BCUT2D eigenvalue weighted by Crippen LogP contribution is -2.23. The first-order valence-electron chi connectivity index (χ1n) is 9.58. The summed E-state index contributed by atoms with van der Waals surface area (Å²) >= 11 is 6.44. The number of benzene rings is 3. The van der Waals surface area contributed by atoms with E-state index in [0.29, 0.717) is 16.5 Å². The lowest BCUT2D eigenvalue weighted by Gasteiger charge is -2.19. The average molecular weight is 423 g/mol. The van der Waals surface area contributed by atoms with Crippen LogP contribution in [-0.4, -0.2) is 14.7 Å². The zero-order valence-electron chi connectivity index (χ0n) is 16.8. The summed E-state index contributed by atoms with van der Waals surface area (Å²) in [4.78, 5) is 17.0. The number of aryl methyl sites for hydroxylation is 1. The summed E-state index contributed by atoms with van der Waals surface area (Å²) in [6, 6.07) is 13.2. The Hall–Kier alpha value is -3.18. The zero-order valence-corrected chi connectivity index (χ0v) is 17.5. The van der Waals surface area contributed by atoms with Crippen molar-refractivity contribution in [1.29, 1.82) is 0 Å². The van der Waals surface area contributed by atoms with Crippen molar-refractivity contribution in [3.05, 3.63) is 87.2 Å². The number of para-hydroxylation sites is 1. The highest BCUT2D eigenvalue weighted by Gasteiger charge is 2.19. The molecule has 1 heterocycles. The standard InChI is InChI=1S/C24H20ClFN2O2/c1-13(2)16-7-4-6-14(3)23(16)28-20-11-17(22-19(26)8-5-9-21(22)29)18(25)10-15(20)12-27-24(28)30/h4-13,29H,1-3H3. The first-order valence-corrected chi connectivity index (χ1v) is 9.96. The van der Waals surface area contributed by atoms with Crippen LogP contribution in [0.5, 0.6) is 5.75 Å². The van der Waals surface area contributed by atoms with Crippen LogP contribution in [-0.2, 0) is 0 Å². The van der Waals surface area contributed by atoms with Crippen molar-refractivity contribution >= 4 is 22.5 Å². The third kappa shape index (κ3) is 3.25. The van der Waals surface area contributed by atoms with Crippen LogP contribution < -0.4 is 5.69 Å². The van der Waals surface area contributed by atoms with Crippen LogP contribution in [0.4, 0.5) is 4.39 Å². The molecule has 0 bridgehead atoms. The number of hydrogen-bond donors (Lipinski definition) is 1. The maximum absolute atomic E-state index is 14.6. The number of rotatable bonds is 3. The molecule has 1 N–H and O–H groups in total. The Morgan fingerprint density at radius 1 is 1.13 bits per heavy atom. The van der Waals surface area contributed by atoms with Crippen molar-refractivity contribution in [2.45, 2.75) is 26.7 Å². The van der Waals surface area contributed by atoms with Crippen LogP contribution in [0.1, 0.15) is 30.9 Å². The van der Waals surface area contributed by atoms with E-state index < -0.39 is 11.5 Å². The molecular formula is C24H20ClFN2O2. The molecular weight excluding hydrogens is 403 g/mol. The molecule has 3 aromatic carbocycles. The minimum Gasteiger partial charge on any atom is -0.507 e. The highest BCUT2D eigenvalue weighted by Crippen LogP contribution is 2.39. The second kappa shape index (κ2) is 7.58. The van der Waals surface area contributed by atoms with E-state index in [-0.39, 0.29) is 22.3 Å². The van der Waals surface area contributed by atoms with Crippen molar-refractivity contribution in [2.75, 3.05) is 0 Å². The van der Waals surface area contributed by atoms with Crippen molar-refractivity contribution in [2.24, 2.45) is 0 Å². The molecule has 0 saturated carbocycles. The largest absolute Gasteiger partial charge is 0.507 e. The number of halogens is 2. The Balaban J connectivity index is 2.14. The molecule has 4 rings (SSSR count). The second-order valence-electron chi connectivity index (χ2n) is 7.57. The maximum atomic E-state index is 14.6. The molecule has 6 heteroatoms. The van der Waals surface area contributed by atoms with E-state index in [2.05, 4.69) is 18.8 Å². The molecule has 0 aliphatic rings. The summed E-state index contributed by atoms with van der Waals surface area (Å²) in [5, 5.41) is 11.2. The van der Waals surface area contributed by atoms with Gasteiger partial charge in [-0.1, -0.05) is 49.7 Å². The lowest BCUT2D eigenvalue weighted by molar-refractivity contribution is 0.472. The summed E-state index contributed by atoms with van der Waals surface area (Å²) in [5.74, 6) is -0.652. The monoisotopic (exact) mass is 422 g/mol. The van der Waals surface area contributed by atoms with Gasteiger partial charge in [0.1, 0.15) is 11.6 Å². The van der Waals surface area contributed by atoms with Gasteiger partial charge >= 0.3 is 5.69 Å². The van der Waals surface area contributed by atoms with E-state index in [1.165, 1.54) is 29.0 Å². The number of phenols is 1. The third-order valence-electron chi connectivity index (χ3n) is 5.24. The molecule has 4 aromatic rings. The summed E-state index contributed by atoms with van der Waals surface area (Å²) in [7, 11) is 0. The number of aromatic hydroxyl groups is 1. The van der Waals surface area contributed by atoms with Gasteiger partial charge in [0.25, 0.3) is 0 Å². The molecule has 0 spiro atoms. The van der Waals surface area contributed by atoms with Gasteiger partial charge in [0, 0.05) is 22.2 Å². The molecule has 0 amide bonds. The number of aromatic nitrogens is 2. The molecule has 0 atom stereocenters. The van der Waals surface area contributed by atoms with Gasteiger partial charge in [-0.05, 0) is 48.2 Å². The van der Waals surface area contributed by atoms with Crippen LogP contribution in [0.25, 0.3) is 27.7 Å². The Bertz CT molecular complexity index is 1330. The Morgan fingerprint density at radius 2 is 1.87 bits per heavy atom. The van der Waals surface area contributed by atoms with Gasteiger partial charge in [0.15, 0.2) is 0 Å². The van der Waals surface area contributed by atoms with E-state index in [4.69, 9.17) is 11.6 Å². The van der Waals surface area contributed by atoms with Gasteiger partial charge in [-0.3, -0.25) is 4.57 Å². The maximum Gasteiger partial charge on any atom is 0.352 e. The smallest absolute Gasteiger partial charge is 0.352 e. The average Bonchev–Trinajstić information content (AvgIpc) is 2.69. The van der Waals surface area contributed by atoms with Crippen molar-refractivity contribution in [3.63, 3.8) is 0 Å². The van der Waals surface area contributed by atoms with Gasteiger partial charge < -0.3 is 5.11 Å². The fourth-order valence-electron chi connectivity index (χ4n) is 3.80. The van der Waals surface area contributed by atoms with E-state index in [0.717, 1.165) is 16.8 Å². The van der Waals surface area contributed by atoms with Crippen LogP contribution in [0.15, 0.2) is 59.5 Å². The molecule has 1 aromatic heterocycles. The number of phenolic OH excluding ortho intramolecular Hbond substituents is 1. The minimum atomic E-state index is -0.599. The summed E-state index contributed by atoms with van der Waals surface area (Å²) in [6.45, 7) is 6.05. The fraction of sp³-hybridized carbons (Fsp3) is 0.167. The van der Waals surface area contributed by atoms with Gasteiger partial charge in [0.2, 0.25) is 0 Å². The molecule has 0 unspecified atom stereocenters. The Labute approximate surface area is 178 Å². The lowest BCUT2D eigenvalue weighted by atomic mass is 9.97. The van der Waals surface area contributed by atoms with Crippen molar-refractivity contribution < 1.29 is 9.50 Å². The Morgan fingerprint density at radius 3 is 2.57 bits per heavy atom. The SMILES string of the molecule is Cc1cccc(C(C)C)c1-n1c(=O)ncc2cc(Cl)c(-c3c(O)cccc3F)cc21. The van der Waals surface area contributed by atoms with Crippen LogP contribution >= 0.6 is 11.6 Å². The molecule has 30 heavy (non-hydrogen) atoms. The summed E-state index contributed by atoms with van der Waals surface area (Å²) in [6.07, 6.45) is 1.46. The quantitative estimate of drug-likeness (QED) is 0.441. The van der Waals surface area contributed by atoms with Gasteiger partial charge in [-0.2, -0.15) is 0 Å². The molecule has 0 saturated heterocycles. The predicted octanol–water partition coefficient (Wildman–Crippen LogP) is 5.98. The molecule has 0 aliphatic heterocycles. The molecule has 4 nitrogen and oxygen atoms in total. The first kappa shape index (κ1) is 20.1. The highest BCUT2D eigenvalue weighted by molar-refractivity contribution is 6.34. The van der Waals surface area contributed by atoms with E-state index in [9.17, 15) is 14.3 Å². The fourth-order valence-corrected chi connectivity index (χ4v) is 4.07. The third-order valence-corrected chi connectivity index (χ3v) is 5.55. The van der Waals surface area contributed by atoms with Crippen molar-refractivity contribution in [1.82, 2.24) is 9.55 Å². The Kier molecular flexibility index (Phi) is 5.08. The molecule has 0 aliphatic carbocycles. The van der Waals surface area contributed by atoms with Gasteiger partial charge in [0.05, 0.1) is 16.8 Å². The molecule has 0 radical (unpaired) electrons.